The highest BCUT2D eigenvalue weighted by Crippen LogP contribution is 2.32. The highest BCUT2D eigenvalue weighted by molar-refractivity contribution is 6.42. The van der Waals surface area contributed by atoms with Crippen LogP contribution < -0.4 is 15.5 Å². The second-order valence-corrected chi connectivity index (χ2v) is 7.00. The molecule has 5 nitrogen and oxygen atoms in total. The number of amides is 2. The van der Waals surface area contributed by atoms with Gasteiger partial charge in [-0.2, -0.15) is 0 Å². The van der Waals surface area contributed by atoms with Crippen LogP contribution in [0.15, 0.2) is 18.2 Å². The number of nitrogens with one attached hydrogen (secondary N) is 3. The van der Waals surface area contributed by atoms with E-state index in [0.29, 0.717) is 21.7 Å². The van der Waals surface area contributed by atoms with Gasteiger partial charge in [-0.05, 0) is 43.9 Å². The maximum atomic E-state index is 12.0. The van der Waals surface area contributed by atoms with E-state index >= 15 is 0 Å². The molecule has 0 saturated heterocycles. The summed E-state index contributed by atoms with van der Waals surface area (Å²) in [6.45, 7) is 2.50. The Balaban J connectivity index is 1.75. The van der Waals surface area contributed by atoms with Gasteiger partial charge in [-0.3, -0.25) is 9.59 Å². The molecule has 0 aromatic heterocycles. The Bertz CT molecular complexity index is 591. The molecular formula is C16H22Cl2N3O2+. The first-order valence-electron chi connectivity index (χ1n) is 7.70. The predicted octanol–water partition coefficient (Wildman–Crippen LogP) is 1.36. The number of carbonyl (C=O) groups excluding carboxylic acids is 2. The van der Waals surface area contributed by atoms with Gasteiger partial charge in [0.2, 0.25) is 0 Å². The van der Waals surface area contributed by atoms with Crippen molar-refractivity contribution in [2.75, 3.05) is 25.5 Å². The zero-order valence-corrected chi connectivity index (χ0v) is 14.8. The summed E-state index contributed by atoms with van der Waals surface area (Å²) in [5, 5.41) is 6.56. The van der Waals surface area contributed by atoms with Gasteiger partial charge in [-0.1, -0.05) is 23.2 Å². The summed E-state index contributed by atoms with van der Waals surface area (Å²) in [6, 6.07) is 5.13. The smallest absolute Gasteiger partial charge is 0.279 e. The number of hydrogen-bond donors (Lipinski definition) is 3. The van der Waals surface area contributed by atoms with Crippen LogP contribution in [0.25, 0.3) is 0 Å². The molecule has 2 atom stereocenters. The predicted molar refractivity (Wildman–Crippen MR) is 92.0 cm³/mol. The average Bonchev–Trinajstić information content (AvgIpc) is 3.26. The number of halogens is 2. The lowest BCUT2D eigenvalue weighted by Crippen LogP contribution is -3.11. The van der Waals surface area contributed by atoms with Gasteiger partial charge >= 0.3 is 0 Å². The molecule has 0 aliphatic heterocycles. The minimum absolute atomic E-state index is 0.0239. The quantitative estimate of drug-likeness (QED) is 0.689. The van der Waals surface area contributed by atoms with Crippen LogP contribution in [0.3, 0.4) is 0 Å². The molecular weight excluding hydrogens is 337 g/mol. The third kappa shape index (κ3) is 6.01. The third-order valence-corrected chi connectivity index (χ3v) is 4.58. The summed E-state index contributed by atoms with van der Waals surface area (Å²) in [6.07, 6.45) is 2.38. The molecule has 1 aromatic carbocycles. The lowest BCUT2D eigenvalue weighted by atomic mass is 10.2. The van der Waals surface area contributed by atoms with E-state index in [9.17, 15) is 9.59 Å². The van der Waals surface area contributed by atoms with E-state index in [2.05, 4.69) is 10.6 Å². The number of benzene rings is 1. The summed E-state index contributed by atoms with van der Waals surface area (Å²) < 4.78 is 0. The number of carbonyl (C=O) groups is 2. The molecule has 3 N–H and O–H groups in total. The molecule has 1 unspecified atom stereocenters. The van der Waals surface area contributed by atoms with Crippen molar-refractivity contribution >= 4 is 40.7 Å². The summed E-state index contributed by atoms with van der Waals surface area (Å²) in [5.41, 5.74) is 0.587. The maximum Gasteiger partial charge on any atom is 0.279 e. The topological polar surface area (TPSA) is 62.6 Å². The normalized spacial score (nSPS) is 16.5. The van der Waals surface area contributed by atoms with Gasteiger partial charge in [0.1, 0.15) is 0 Å². The van der Waals surface area contributed by atoms with Gasteiger partial charge in [0, 0.05) is 11.7 Å². The Hall–Kier alpha value is -1.30. The van der Waals surface area contributed by atoms with Crippen molar-refractivity contribution in [3.63, 3.8) is 0 Å². The summed E-state index contributed by atoms with van der Waals surface area (Å²) in [7, 11) is 1.82. The van der Waals surface area contributed by atoms with E-state index in [1.807, 2.05) is 14.0 Å². The van der Waals surface area contributed by atoms with Crippen molar-refractivity contribution in [2.45, 2.75) is 25.8 Å². The minimum atomic E-state index is -0.177. The maximum absolute atomic E-state index is 12.0. The van der Waals surface area contributed by atoms with Crippen LogP contribution in [-0.2, 0) is 9.59 Å². The molecule has 7 heteroatoms. The van der Waals surface area contributed by atoms with Crippen molar-refractivity contribution in [1.29, 1.82) is 0 Å². The standard InChI is InChI=1S/C16H21Cl2N3O2/c1-10(11-3-4-11)19-15(22)8-21(2)9-16(23)20-12-5-6-13(17)14(18)7-12/h5-7,10-11H,3-4,8-9H2,1-2H3,(H,19,22)(H,20,23)/p+1/t10-/m1/s1. The van der Waals surface area contributed by atoms with Crippen LogP contribution in [0.5, 0.6) is 0 Å². The van der Waals surface area contributed by atoms with Crippen LogP contribution in [-0.4, -0.2) is 38.0 Å². The number of hydrogen-bond acceptors (Lipinski definition) is 2. The van der Waals surface area contributed by atoms with Crippen molar-refractivity contribution < 1.29 is 14.5 Å². The zero-order chi connectivity index (χ0) is 17.0. The molecule has 1 fully saturated rings. The molecule has 2 amide bonds. The van der Waals surface area contributed by atoms with Crippen molar-refractivity contribution in [2.24, 2.45) is 5.92 Å². The van der Waals surface area contributed by atoms with Crippen LogP contribution in [0.1, 0.15) is 19.8 Å². The first-order chi connectivity index (χ1) is 10.8. The number of quaternary nitrogens is 1. The fourth-order valence-electron chi connectivity index (χ4n) is 2.41. The van der Waals surface area contributed by atoms with Gasteiger partial charge < -0.3 is 15.5 Å². The summed E-state index contributed by atoms with van der Waals surface area (Å²) in [5.74, 6) is 0.422. The Morgan fingerprint density at radius 3 is 2.48 bits per heavy atom. The Labute approximate surface area is 146 Å². The van der Waals surface area contributed by atoms with Crippen LogP contribution in [0.4, 0.5) is 5.69 Å². The van der Waals surface area contributed by atoms with E-state index in [1.165, 1.54) is 12.8 Å². The van der Waals surface area contributed by atoms with Crippen LogP contribution in [0.2, 0.25) is 10.0 Å². The first-order valence-corrected chi connectivity index (χ1v) is 8.46. The van der Waals surface area contributed by atoms with Crippen LogP contribution >= 0.6 is 23.2 Å². The largest absolute Gasteiger partial charge is 0.348 e. The lowest BCUT2D eigenvalue weighted by Gasteiger charge is -2.16. The Kier molecular flexibility index (Phi) is 6.27. The summed E-state index contributed by atoms with van der Waals surface area (Å²) in [4.78, 5) is 24.7. The van der Waals surface area contributed by atoms with E-state index in [4.69, 9.17) is 23.2 Å². The molecule has 2 rings (SSSR count). The zero-order valence-electron chi connectivity index (χ0n) is 13.3. The first kappa shape index (κ1) is 18.0. The molecule has 1 aliphatic rings. The molecule has 0 radical (unpaired) electrons. The lowest BCUT2D eigenvalue weighted by molar-refractivity contribution is -0.862. The molecule has 0 heterocycles. The third-order valence-electron chi connectivity index (χ3n) is 3.85. The second kappa shape index (κ2) is 7.99. The highest BCUT2D eigenvalue weighted by atomic mass is 35.5. The molecule has 126 valence electrons. The van der Waals surface area contributed by atoms with Gasteiger partial charge in [-0.25, -0.2) is 0 Å². The molecule has 23 heavy (non-hydrogen) atoms. The number of rotatable bonds is 7. The van der Waals surface area contributed by atoms with Crippen molar-refractivity contribution in [3.05, 3.63) is 28.2 Å². The number of anilines is 1. The molecule has 1 aromatic rings. The molecule has 1 saturated carbocycles. The van der Waals surface area contributed by atoms with E-state index in [0.717, 1.165) is 4.90 Å². The molecule has 0 spiro atoms. The van der Waals surface area contributed by atoms with E-state index in [1.54, 1.807) is 18.2 Å². The van der Waals surface area contributed by atoms with Crippen molar-refractivity contribution in [3.8, 4) is 0 Å². The Morgan fingerprint density at radius 2 is 1.87 bits per heavy atom. The number of likely N-dealkylation sites (N-methyl/N-ethyl adjacent to an activating group) is 1. The van der Waals surface area contributed by atoms with E-state index in [-0.39, 0.29) is 30.9 Å². The van der Waals surface area contributed by atoms with Gasteiger partial charge in [-0.15, -0.1) is 0 Å². The molecule has 0 bridgehead atoms. The SMILES string of the molecule is C[C@@H](NC(=O)C[NH+](C)CC(=O)Nc1ccc(Cl)c(Cl)c1)C1CC1. The highest BCUT2D eigenvalue weighted by Gasteiger charge is 2.29. The average molecular weight is 359 g/mol. The minimum Gasteiger partial charge on any atom is -0.348 e. The molecule has 1 aliphatic carbocycles. The van der Waals surface area contributed by atoms with Gasteiger partial charge in [0.15, 0.2) is 13.1 Å². The van der Waals surface area contributed by atoms with Crippen LogP contribution in [0, 0.1) is 5.92 Å². The van der Waals surface area contributed by atoms with Crippen molar-refractivity contribution in [1.82, 2.24) is 5.32 Å². The van der Waals surface area contributed by atoms with E-state index < -0.39 is 0 Å². The fraction of sp³-hybridized carbons (Fsp3) is 0.500. The monoisotopic (exact) mass is 358 g/mol. The second-order valence-electron chi connectivity index (χ2n) is 6.18. The summed E-state index contributed by atoms with van der Waals surface area (Å²) >= 11 is 11.7. The Morgan fingerprint density at radius 1 is 1.22 bits per heavy atom. The van der Waals surface area contributed by atoms with Gasteiger partial charge in [0.25, 0.3) is 11.8 Å². The fourth-order valence-corrected chi connectivity index (χ4v) is 2.71. The van der Waals surface area contributed by atoms with Gasteiger partial charge in [0.05, 0.1) is 17.1 Å².